The monoisotopic (exact) mass is 424 g/mol. The van der Waals surface area contributed by atoms with Crippen LogP contribution in [0.5, 0.6) is 5.75 Å². The van der Waals surface area contributed by atoms with E-state index in [1.807, 2.05) is 0 Å². The van der Waals surface area contributed by atoms with E-state index in [0.717, 1.165) is 24.3 Å². The first kappa shape index (κ1) is 22.0. The quantitative estimate of drug-likeness (QED) is 0.456. The summed E-state index contributed by atoms with van der Waals surface area (Å²) in [6, 6.07) is 8.12. The van der Waals surface area contributed by atoms with Gasteiger partial charge in [-0.05, 0) is 48.9 Å². The number of primary amides is 1. The number of amides is 3. The lowest BCUT2D eigenvalue weighted by atomic mass is 10.2. The third-order valence-corrected chi connectivity index (χ3v) is 5.11. The highest BCUT2D eigenvalue weighted by Crippen LogP contribution is 2.30. The number of nitrogens with one attached hydrogen (secondary N) is 3. The molecule has 29 heavy (non-hydrogen) atoms. The zero-order chi connectivity index (χ0) is 21.4. The molecule has 0 aliphatic heterocycles. The fraction of sp³-hybridized carbons (Fsp3) is 0.222. The summed E-state index contributed by atoms with van der Waals surface area (Å²) in [7, 11) is -2.62. The minimum absolute atomic E-state index is 0.102. The Morgan fingerprint density at radius 1 is 1.14 bits per heavy atom. The second-order valence-corrected chi connectivity index (χ2v) is 7.60. The van der Waals surface area contributed by atoms with Gasteiger partial charge in [-0.15, -0.1) is 0 Å². The minimum atomic E-state index is -4.00. The van der Waals surface area contributed by atoms with Gasteiger partial charge in [0.25, 0.3) is 10.0 Å². The van der Waals surface area contributed by atoms with Crippen LogP contribution in [-0.2, 0) is 14.8 Å². The molecule has 0 unspecified atom stereocenters. The third-order valence-electron chi connectivity index (χ3n) is 3.73. The molecule has 0 radical (unpaired) electrons. The molecule has 0 spiro atoms. The highest BCUT2D eigenvalue weighted by molar-refractivity contribution is 7.92. The van der Waals surface area contributed by atoms with Crippen LogP contribution in [-0.4, -0.2) is 34.0 Å². The van der Waals surface area contributed by atoms with E-state index in [9.17, 15) is 22.4 Å². The van der Waals surface area contributed by atoms with Gasteiger partial charge in [-0.2, -0.15) is 0 Å². The van der Waals surface area contributed by atoms with Gasteiger partial charge < -0.3 is 21.1 Å². The first-order chi connectivity index (χ1) is 13.7. The maximum atomic E-state index is 13.0. The molecule has 0 aromatic heterocycles. The molecule has 0 saturated carbocycles. The Balaban J connectivity index is 2.11. The predicted molar refractivity (Wildman–Crippen MR) is 106 cm³/mol. The smallest absolute Gasteiger partial charge is 0.312 e. The van der Waals surface area contributed by atoms with Crippen LogP contribution in [0.1, 0.15) is 12.8 Å². The van der Waals surface area contributed by atoms with E-state index < -0.39 is 21.9 Å². The Bertz CT molecular complexity index is 980. The maximum Gasteiger partial charge on any atom is 0.312 e. The third kappa shape index (κ3) is 6.64. The summed E-state index contributed by atoms with van der Waals surface area (Å²) < 4.78 is 45.6. The summed E-state index contributed by atoms with van der Waals surface area (Å²) in [6.07, 6.45) is 0.512. The van der Waals surface area contributed by atoms with Gasteiger partial charge in [-0.1, -0.05) is 0 Å². The Morgan fingerprint density at radius 3 is 2.45 bits per heavy atom. The summed E-state index contributed by atoms with van der Waals surface area (Å²) in [5, 5.41) is 5.01. The number of anilines is 2. The molecule has 11 heteroatoms. The summed E-state index contributed by atoms with van der Waals surface area (Å²) in [4.78, 5) is 22.5. The highest BCUT2D eigenvalue weighted by Gasteiger charge is 2.17. The Hall–Kier alpha value is -3.34. The second kappa shape index (κ2) is 9.73. The zero-order valence-corrected chi connectivity index (χ0v) is 16.4. The molecule has 0 aliphatic carbocycles. The minimum Gasteiger partial charge on any atom is -0.495 e. The van der Waals surface area contributed by atoms with E-state index in [-0.39, 0.29) is 35.2 Å². The molecule has 0 bridgehead atoms. The lowest BCUT2D eigenvalue weighted by molar-refractivity contribution is -0.116. The van der Waals surface area contributed by atoms with E-state index in [4.69, 9.17) is 10.5 Å². The molecule has 2 aromatic carbocycles. The predicted octanol–water partition coefficient (Wildman–Crippen LogP) is 2.02. The largest absolute Gasteiger partial charge is 0.495 e. The van der Waals surface area contributed by atoms with Gasteiger partial charge in [0.1, 0.15) is 11.6 Å². The standard InChI is InChI=1S/C18H21FN4O5S/c1-28-16-9-6-13(22-17(24)3-2-10-21-18(20)25)11-15(16)23-29(26,27)14-7-4-12(19)5-8-14/h4-9,11,23H,2-3,10H2,1H3,(H,22,24)(H3,20,21,25). The first-order valence-electron chi connectivity index (χ1n) is 8.51. The van der Waals surface area contributed by atoms with Gasteiger partial charge in [0.15, 0.2) is 0 Å². The van der Waals surface area contributed by atoms with E-state index in [2.05, 4.69) is 15.4 Å². The van der Waals surface area contributed by atoms with Crippen LogP contribution in [0.15, 0.2) is 47.4 Å². The molecule has 0 heterocycles. The molecule has 0 saturated heterocycles. The van der Waals surface area contributed by atoms with Crippen LogP contribution >= 0.6 is 0 Å². The van der Waals surface area contributed by atoms with Crippen LogP contribution in [0.25, 0.3) is 0 Å². The van der Waals surface area contributed by atoms with E-state index in [1.165, 1.54) is 19.2 Å². The van der Waals surface area contributed by atoms with Crippen molar-refractivity contribution in [3.05, 3.63) is 48.3 Å². The number of ether oxygens (including phenoxy) is 1. The number of rotatable bonds is 9. The number of carbonyl (C=O) groups excluding carboxylic acids is 2. The molecule has 156 valence electrons. The number of nitrogens with two attached hydrogens (primary N) is 1. The van der Waals surface area contributed by atoms with Gasteiger partial charge in [-0.3, -0.25) is 9.52 Å². The summed E-state index contributed by atoms with van der Waals surface area (Å²) >= 11 is 0. The maximum absolute atomic E-state index is 13.0. The number of benzene rings is 2. The lowest BCUT2D eigenvalue weighted by Crippen LogP contribution is -2.30. The van der Waals surface area contributed by atoms with Crippen molar-refractivity contribution in [2.45, 2.75) is 17.7 Å². The van der Waals surface area contributed by atoms with Crippen LogP contribution < -0.4 is 25.8 Å². The van der Waals surface area contributed by atoms with E-state index >= 15 is 0 Å². The molecule has 0 aliphatic rings. The van der Waals surface area contributed by atoms with Crippen LogP contribution in [0.3, 0.4) is 0 Å². The van der Waals surface area contributed by atoms with Crippen molar-refractivity contribution in [3.8, 4) is 5.75 Å². The number of methoxy groups -OCH3 is 1. The molecule has 0 fully saturated rings. The first-order valence-corrected chi connectivity index (χ1v) is 9.99. The zero-order valence-electron chi connectivity index (χ0n) is 15.6. The fourth-order valence-electron chi connectivity index (χ4n) is 2.37. The van der Waals surface area contributed by atoms with Crippen molar-refractivity contribution in [3.63, 3.8) is 0 Å². The second-order valence-electron chi connectivity index (χ2n) is 5.92. The van der Waals surface area contributed by atoms with E-state index in [1.54, 1.807) is 6.07 Å². The summed E-state index contributed by atoms with van der Waals surface area (Å²) in [6.45, 7) is 0.258. The molecule has 2 aromatic rings. The number of carbonyl (C=O) groups is 2. The van der Waals surface area contributed by atoms with Gasteiger partial charge >= 0.3 is 6.03 Å². The molecule has 0 atom stereocenters. The molecular weight excluding hydrogens is 403 g/mol. The highest BCUT2D eigenvalue weighted by atomic mass is 32.2. The van der Waals surface area contributed by atoms with E-state index in [0.29, 0.717) is 12.1 Å². The van der Waals surface area contributed by atoms with Gasteiger partial charge in [0.05, 0.1) is 17.7 Å². The van der Waals surface area contributed by atoms with Crippen molar-refractivity contribution >= 4 is 33.3 Å². The molecule has 5 N–H and O–H groups in total. The van der Waals surface area contributed by atoms with Crippen molar-refractivity contribution in [2.75, 3.05) is 23.7 Å². The van der Waals surface area contributed by atoms with Crippen LogP contribution in [0.4, 0.5) is 20.6 Å². The van der Waals surface area contributed by atoms with Crippen LogP contribution in [0, 0.1) is 5.82 Å². The number of sulfonamides is 1. The normalized spacial score (nSPS) is 10.8. The molecule has 3 amide bonds. The van der Waals surface area contributed by atoms with Crippen molar-refractivity contribution in [1.29, 1.82) is 0 Å². The summed E-state index contributed by atoms with van der Waals surface area (Å²) in [5.74, 6) is -0.648. The number of hydrogen-bond donors (Lipinski definition) is 4. The fourth-order valence-corrected chi connectivity index (χ4v) is 3.43. The van der Waals surface area contributed by atoms with Crippen molar-refractivity contribution in [1.82, 2.24) is 5.32 Å². The van der Waals surface area contributed by atoms with Crippen molar-refractivity contribution in [2.24, 2.45) is 5.73 Å². The average molecular weight is 424 g/mol. The van der Waals surface area contributed by atoms with Gasteiger partial charge in [-0.25, -0.2) is 17.6 Å². The topological polar surface area (TPSA) is 140 Å². The van der Waals surface area contributed by atoms with Crippen molar-refractivity contribution < 1.29 is 27.1 Å². The molecule has 2 rings (SSSR count). The number of halogens is 1. The lowest BCUT2D eigenvalue weighted by Gasteiger charge is -2.14. The Morgan fingerprint density at radius 2 is 1.83 bits per heavy atom. The van der Waals surface area contributed by atoms with Gasteiger partial charge in [0, 0.05) is 18.7 Å². The SMILES string of the molecule is COc1ccc(NC(=O)CCCNC(N)=O)cc1NS(=O)(=O)c1ccc(F)cc1. The Kier molecular flexibility index (Phi) is 7.37. The molecule has 9 nitrogen and oxygen atoms in total. The number of urea groups is 1. The number of hydrogen-bond acceptors (Lipinski definition) is 5. The molecular formula is C18H21FN4O5S. The van der Waals surface area contributed by atoms with Crippen LogP contribution in [0.2, 0.25) is 0 Å². The Labute approximate surface area is 167 Å². The summed E-state index contributed by atoms with van der Waals surface area (Å²) in [5.41, 5.74) is 5.38. The van der Waals surface area contributed by atoms with Gasteiger partial charge in [0.2, 0.25) is 5.91 Å². The average Bonchev–Trinajstić information content (AvgIpc) is 2.65.